The molecule has 2 rings (SSSR count). The molecule has 3 nitrogen and oxygen atoms in total. The molecule has 0 fully saturated rings. The number of fused-ring (bicyclic) bond motifs is 1. The molecule has 0 bridgehead atoms. The molecule has 96 valence electrons. The van der Waals surface area contributed by atoms with Gasteiger partial charge in [0.05, 0.1) is 6.42 Å². The average molecular weight is 245 g/mol. The molecule has 18 heavy (non-hydrogen) atoms. The number of carboxylic acid groups (broad SMARTS) is 1. The summed E-state index contributed by atoms with van der Waals surface area (Å²) in [6.45, 7) is 8.08. The Labute approximate surface area is 107 Å². The van der Waals surface area contributed by atoms with Crippen molar-refractivity contribution < 1.29 is 9.90 Å². The number of hydrogen-bond acceptors (Lipinski definition) is 1. The van der Waals surface area contributed by atoms with Crippen LogP contribution in [-0.4, -0.2) is 16.1 Å². The molecule has 3 heteroatoms. The maximum absolute atomic E-state index is 11.0. The van der Waals surface area contributed by atoms with Crippen molar-refractivity contribution in [2.24, 2.45) is 0 Å². The summed E-state index contributed by atoms with van der Waals surface area (Å²) in [5.41, 5.74) is 4.21. The van der Waals surface area contributed by atoms with Crippen molar-refractivity contribution in [3.8, 4) is 0 Å². The largest absolute Gasteiger partial charge is 0.481 e. The van der Waals surface area contributed by atoms with Crippen LogP contribution in [0.4, 0.5) is 0 Å². The Morgan fingerprint density at radius 1 is 1.33 bits per heavy atom. The minimum atomic E-state index is -0.765. The van der Waals surface area contributed by atoms with Crippen LogP contribution in [0.1, 0.15) is 37.0 Å². The lowest BCUT2D eigenvalue weighted by atomic mass is 9.81. The molecule has 0 amide bonds. The Kier molecular flexibility index (Phi) is 2.93. The Hall–Kier alpha value is -1.77. The summed E-state index contributed by atoms with van der Waals surface area (Å²) in [5, 5.41) is 10.2. The van der Waals surface area contributed by atoms with Crippen LogP contribution in [0.3, 0.4) is 0 Å². The van der Waals surface area contributed by atoms with Gasteiger partial charge >= 0.3 is 5.97 Å². The summed E-state index contributed by atoms with van der Waals surface area (Å²) in [7, 11) is 0. The highest BCUT2D eigenvalue weighted by Crippen LogP contribution is 2.34. The number of aromatic nitrogens is 1. The number of H-pyrrole nitrogens is 1. The predicted molar refractivity (Wildman–Crippen MR) is 73.1 cm³/mol. The van der Waals surface area contributed by atoms with Crippen molar-refractivity contribution in [2.75, 3.05) is 0 Å². The van der Waals surface area contributed by atoms with Crippen LogP contribution >= 0.6 is 0 Å². The molecule has 1 aromatic heterocycles. The number of nitrogens with one attached hydrogen (secondary N) is 1. The normalized spacial score (nSPS) is 12.0. The first-order chi connectivity index (χ1) is 8.31. The maximum Gasteiger partial charge on any atom is 0.304 e. The van der Waals surface area contributed by atoms with E-state index in [2.05, 4.69) is 31.0 Å². The minimum absolute atomic E-state index is 0.132. The first-order valence-corrected chi connectivity index (χ1v) is 6.12. The minimum Gasteiger partial charge on any atom is -0.481 e. The summed E-state index contributed by atoms with van der Waals surface area (Å²) in [6, 6.07) is 4.25. The lowest BCUT2D eigenvalue weighted by Gasteiger charge is -2.22. The summed E-state index contributed by atoms with van der Waals surface area (Å²) >= 11 is 0. The van der Waals surface area contributed by atoms with E-state index in [1.807, 2.05) is 20.0 Å². The van der Waals surface area contributed by atoms with E-state index in [1.54, 1.807) is 0 Å². The van der Waals surface area contributed by atoms with E-state index in [4.69, 9.17) is 5.11 Å². The van der Waals surface area contributed by atoms with Gasteiger partial charge in [-0.15, -0.1) is 0 Å². The number of aliphatic carboxylic acids is 1. The fourth-order valence-electron chi connectivity index (χ4n) is 2.63. The van der Waals surface area contributed by atoms with Gasteiger partial charge in [0, 0.05) is 22.5 Å². The van der Waals surface area contributed by atoms with Crippen molar-refractivity contribution in [1.82, 2.24) is 4.98 Å². The molecule has 0 spiro atoms. The number of carboxylic acids is 1. The highest BCUT2D eigenvalue weighted by Gasteiger charge is 2.27. The predicted octanol–water partition coefficient (Wildman–Crippen LogP) is 3.54. The van der Waals surface area contributed by atoms with E-state index in [1.165, 1.54) is 11.1 Å². The molecule has 0 aliphatic heterocycles. The molecule has 0 radical (unpaired) electrons. The van der Waals surface area contributed by atoms with Crippen LogP contribution in [0, 0.1) is 13.8 Å². The van der Waals surface area contributed by atoms with E-state index < -0.39 is 5.97 Å². The molecule has 2 aromatic rings. The van der Waals surface area contributed by atoms with E-state index in [-0.39, 0.29) is 11.8 Å². The summed E-state index contributed by atoms with van der Waals surface area (Å²) in [6.07, 6.45) is 2.08. The summed E-state index contributed by atoms with van der Waals surface area (Å²) in [5.74, 6) is -0.765. The number of hydrogen-bond donors (Lipinski definition) is 2. The standard InChI is InChI=1S/C15H19NO2/c1-9-5-10(2)14-11(6-9)12(8-16-14)15(3,4)7-13(17)18/h5-6,8,16H,7H2,1-4H3,(H,17,18). The van der Waals surface area contributed by atoms with Crippen LogP contribution in [-0.2, 0) is 10.2 Å². The van der Waals surface area contributed by atoms with Gasteiger partial charge in [0.25, 0.3) is 0 Å². The summed E-state index contributed by atoms with van der Waals surface area (Å²) in [4.78, 5) is 14.2. The van der Waals surface area contributed by atoms with Gasteiger partial charge in [-0.1, -0.05) is 25.5 Å². The Bertz CT molecular complexity index is 608. The zero-order valence-electron chi connectivity index (χ0n) is 11.3. The summed E-state index contributed by atoms with van der Waals surface area (Å²) < 4.78 is 0. The third-order valence-electron chi connectivity index (χ3n) is 3.45. The molecule has 0 aliphatic rings. The number of aryl methyl sites for hydroxylation is 2. The second-order valence-corrected chi connectivity index (χ2v) is 5.66. The molecule has 0 aliphatic carbocycles. The Balaban J connectivity index is 2.62. The number of rotatable bonds is 3. The van der Waals surface area contributed by atoms with Crippen molar-refractivity contribution in [1.29, 1.82) is 0 Å². The van der Waals surface area contributed by atoms with Gasteiger partial charge in [0.2, 0.25) is 0 Å². The fourth-order valence-corrected chi connectivity index (χ4v) is 2.63. The van der Waals surface area contributed by atoms with E-state index in [0.29, 0.717) is 0 Å². The third kappa shape index (κ3) is 2.13. The first-order valence-electron chi connectivity index (χ1n) is 6.12. The van der Waals surface area contributed by atoms with Crippen molar-refractivity contribution in [3.05, 3.63) is 35.0 Å². The van der Waals surface area contributed by atoms with Crippen LogP contribution in [0.25, 0.3) is 10.9 Å². The van der Waals surface area contributed by atoms with Crippen LogP contribution in [0.15, 0.2) is 18.3 Å². The van der Waals surface area contributed by atoms with Gasteiger partial charge in [0.15, 0.2) is 0 Å². The van der Waals surface area contributed by atoms with E-state index in [0.717, 1.165) is 16.5 Å². The molecular formula is C15H19NO2. The Morgan fingerprint density at radius 2 is 2.00 bits per heavy atom. The number of carbonyl (C=O) groups is 1. The van der Waals surface area contributed by atoms with Gasteiger partial charge in [-0.2, -0.15) is 0 Å². The molecule has 0 saturated carbocycles. The van der Waals surface area contributed by atoms with Gasteiger partial charge < -0.3 is 10.1 Å². The SMILES string of the molecule is Cc1cc(C)c2[nH]cc(C(C)(C)CC(=O)O)c2c1. The molecule has 1 aromatic carbocycles. The van der Waals surface area contributed by atoms with Crippen molar-refractivity contribution in [2.45, 2.75) is 39.5 Å². The topological polar surface area (TPSA) is 53.1 Å². The van der Waals surface area contributed by atoms with E-state index >= 15 is 0 Å². The average Bonchev–Trinajstić information content (AvgIpc) is 2.59. The number of benzene rings is 1. The van der Waals surface area contributed by atoms with Crippen molar-refractivity contribution in [3.63, 3.8) is 0 Å². The Morgan fingerprint density at radius 3 is 2.61 bits per heavy atom. The molecule has 2 N–H and O–H groups in total. The number of aromatic amines is 1. The van der Waals surface area contributed by atoms with Crippen LogP contribution in [0.5, 0.6) is 0 Å². The first kappa shape index (κ1) is 12.7. The smallest absolute Gasteiger partial charge is 0.304 e. The second kappa shape index (κ2) is 4.16. The van der Waals surface area contributed by atoms with E-state index in [9.17, 15) is 4.79 Å². The lowest BCUT2D eigenvalue weighted by Crippen LogP contribution is -2.21. The molecule has 0 unspecified atom stereocenters. The zero-order chi connectivity index (χ0) is 13.5. The zero-order valence-corrected chi connectivity index (χ0v) is 11.3. The molecule has 0 saturated heterocycles. The van der Waals surface area contributed by atoms with Crippen molar-refractivity contribution >= 4 is 16.9 Å². The molecule has 1 heterocycles. The fraction of sp³-hybridized carbons (Fsp3) is 0.400. The molecular weight excluding hydrogens is 226 g/mol. The van der Waals surface area contributed by atoms with Gasteiger partial charge in [-0.05, 0) is 31.0 Å². The van der Waals surface area contributed by atoms with Crippen LogP contribution in [0.2, 0.25) is 0 Å². The lowest BCUT2D eigenvalue weighted by molar-refractivity contribution is -0.138. The second-order valence-electron chi connectivity index (χ2n) is 5.66. The highest BCUT2D eigenvalue weighted by atomic mass is 16.4. The third-order valence-corrected chi connectivity index (χ3v) is 3.45. The highest BCUT2D eigenvalue weighted by molar-refractivity contribution is 5.88. The monoisotopic (exact) mass is 245 g/mol. The van der Waals surface area contributed by atoms with Gasteiger partial charge in [-0.3, -0.25) is 4.79 Å². The molecule has 0 atom stereocenters. The van der Waals surface area contributed by atoms with Gasteiger partial charge in [0.1, 0.15) is 0 Å². The quantitative estimate of drug-likeness (QED) is 0.869. The van der Waals surface area contributed by atoms with Crippen LogP contribution < -0.4 is 0 Å². The van der Waals surface area contributed by atoms with Gasteiger partial charge in [-0.25, -0.2) is 0 Å². The maximum atomic E-state index is 11.0.